The maximum absolute atomic E-state index is 12.2. The summed E-state index contributed by atoms with van der Waals surface area (Å²) in [5.41, 5.74) is 0.914. The van der Waals surface area contributed by atoms with Gasteiger partial charge in [-0.1, -0.05) is 0 Å². The Hall–Kier alpha value is -1.70. The largest absolute Gasteiger partial charge is 0.480 e. The molecule has 8 heteroatoms. The van der Waals surface area contributed by atoms with Crippen LogP contribution in [0, 0.1) is 0 Å². The summed E-state index contributed by atoms with van der Waals surface area (Å²) in [6, 6.07) is -0.991. The normalized spacial score (nSPS) is 18.6. The van der Waals surface area contributed by atoms with E-state index >= 15 is 0 Å². The molecule has 2 amide bonds. The molecule has 1 atom stereocenters. The maximum atomic E-state index is 12.2. The number of hydrogen-bond acceptors (Lipinski definition) is 4. The molecule has 2 heterocycles. The lowest BCUT2D eigenvalue weighted by atomic mass is 10.3. The minimum absolute atomic E-state index is 0.263. The van der Waals surface area contributed by atoms with Crippen molar-refractivity contribution in [3.8, 4) is 0 Å². The van der Waals surface area contributed by atoms with E-state index in [9.17, 15) is 9.59 Å². The number of amides is 2. The quantitative estimate of drug-likeness (QED) is 0.871. The van der Waals surface area contributed by atoms with Crippen LogP contribution in [0.4, 0.5) is 4.79 Å². The first-order valence-electron chi connectivity index (χ1n) is 5.79. The number of hydrogen-bond donors (Lipinski definition) is 1. The first-order valence-corrected chi connectivity index (χ1v) is 6.94. The zero-order chi connectivity index (χ0) is 14.0. The predicted octanol–water partition coefficient (Wildman–Crippen LogP) is 0.431. The molecule has 0 unspecified atom stereocenters. The van der Waals surface area contributed by atoms with Crippen molar-refractivity contribution >= 4 is 23.8 Å². The van der Waals surface area contributed by atoms with Crippen molar-refractivity contribution in [1.29, 1.82) is 0 Å². The molecule has 2 rings (SSSR count). The van der Waals surface area contributed by atoms with Crippen LogP contribution >= 0.6 is 11.8 Å². The van der Waals surface area contributed by atoms with Crippen LogP contribution < -0.4 is 0 Å². The van der Waals surface area contributed by atoms with Crippen molar-refractivity contribution in [2.24, 2.45) is 7.05 Å². The summed E-state index contributed by atoms with van der Waals surface area (Å²) < 4.78 is 1.67. The highest BCUT2D eigenvalue weighted by molar-refractivity contribution is 7.99. The van der Waals surface area contributed by atoms with E-state index in [0.29, 0.717) is 18.2 Å². The predicted molar refractivity (Wildman–Crippen MR) is 70.7 cm³/mol. The lowest BCUT2D eigenvalue weighted by Crippen LogP contribution is -2.47. The standard InChI is InChI=1S/C11H16N4O3S/c1-13(4-8-3-12-14(2)5-8)11(18)15-7-19-6-9(15)10(16)17/h3,5,9H,4,6-7H2,1-2H3,(H,16,17)/t9-/m0/s1. The van der Waals surface area contributed by atoms with E-state index in [1.165, 1.54) is 21.6 Å². The molecule has 104 valence electrons. The Bertz CT molecular complexity index is 490. The van der Waals surface area contributed by atoms with Gasteiger partial charge in [-0.25, -0.2) is 9.59 Å². The molecule has 1 aliphatic heterocycles. The van der Waals surface area contributed by atoms with Crippen molar-refractivity contribution in [2.75, 3.05) is 18.7 Å². The summed E-state index contributed by atoms with van der Waals surface area (Å²) in [6.07, 6.45) is 3.52. The molecule has 0 spiro atoms. The third-order valence-electron chi connectivity index (χ3n) is 2.92. The fourth-order valence-electron chi connectivity index (χ4n) is 1.95. The number of rotatable bonds is 3. The van der Waals surface area contributed by atoms with Gasteiger partial charge in [-0.05, 0) is 0 Å². The lowest BCUT2D eigenvalue weighted by Gasteiger charge is -2.26. The maximum Gasteiger partial charge on any atom is 0.327 e. The van der Waals surface area contributed by atoms with Gasteiger partial charge in [0.1, 0.15) is 6.04 Å². The second-order valence-electron chi connectivity index (χ2n) is 4.48. The fourth-order valence-corrected chi connectivity index (χ4v) is 3.09. The molecule has 1 N–H and O–H groups in total. The van der Waals surface area contributed by atoms with E-state index in [4.69, 9.17) is 5.11 Å². The van der Waals surface area contributed by atoms with Crippen LogP contribution in [0.2, 0.25) is 0 Å². The lowest BCUT2D eigenvalue weighted by molar-refractivity contribution is -0.140. The Kier molecular flexibility index (Phi) is 3.98. The summed E-state index contributed by atoms with van der Waals surface area (Å²) in [5, 5.41) is 13.1. The van der Waals surface area contributed by atoms with Gasteiger partial charge in [0, 0.05) is 31.6 Å². The minimum atomic E-state index is -0.951. The summed E-state index contributed by atoms with van der Waals surface area (Å²) in [6.45, 7) is 0.417. The van der Waals surface area contributed by atoms with E-state index in [-0.39, 0.29) is 6.03 Å². The minimum Gasteiger partial charge on any atom is -0.480 e. The van der Waals surface area contributed by atoms with Crippen LogP contribution in [0.25, 0.3) is 0 Å². The Balaban J connectivity index is 2.00. The number of thioether (sulfide) groups is 1. The summed E-state index contributed by atoms with van der Waals surface area (Å²) in [5.74, 6) is -0.0808. The van der Waals surface area contributed by atoms with E-state index in [1.807, 2.05) is 13.2 Å². The van der Waals surface area contributed by atoms with Gasteiger partial charge < -0.3 is 14.9 Å². The van der Waals surface area contributed by atoms with Crippen molar-refractivity contribution in [2.45, 2.75) is 12.6 Å². The second-order valence-corrected chi connectivity index (χ2v) is 5.48. The zero-order valence-electron chi connectivity index (χ0n) is 10.8. The number of carbonyl (C=O) groups excluding carboxylic acids is 1. The topological polar surface area (TPSA) is 78.7 Å². The average Bonchev–Trinajstić information content (AvgIpc) is 2.97. The van der Waals surface area contributed by atoms with Crippen LogP contribution in [0.5, 0.6) is 0 Å². The molecule has 0 aliphatic carbocycles. The Morgan fingerprint density at radius 3 is 2.95 bits per heavy atom. The first kappa shape index (κ1) is 13.7. The van der Waals surface area contributed by atoms with Gasteiger partial charge in [0.05, 0.1) is 18.6 Å². The summed E-state index contributed by atoms with van der Waals surface area (Å²) in [4.78, 5) is 26.2. The number of nitrogens with zero attached hydrogens (tertiary/aromatic N) is 4. The van der Waals surface area contributed by atoms with Crippen LogP contribution in [0.1, 0.15) is 5.56 Å². The van der Waals surface area contributed by atoms with Crippen LogP contribution in [0.3, 0.4) is 0 Å². The molecule has 19 heavy (non-hydrogen) atoms. The van der Waals surface area contributed by atoms with Crippen molar-refractivity contribution < 1.29 is 14.7 Å². The Morgan fingerprint density at radius 1 is 1.63 bits per heavy atom. The van der Waals surface area contributed by atoms with Gasteiger partial charge >= 0.3 is 12.0 Å². The van der Waals surface area contributed by atoms with Crippen molar-refractivity contribution in [1.82, 2.24) is 19.6 Å². The van der Waals surface area contributed by atoms with Gasteiger partial charge in [0.15, 0.2) is 0 Å². The van der Waals surface area contributed by atoms with E-state index < -0.39 is 12.0 Å². The Morgan fingerprint density at radius 2 is 2.37 bits per heavy atom. The van der Waals surface area contributed by atoms with E-state index in [2.05, 4.69) is 5.10 Å². The highest BCUT2D eigenvalue weighted by Crippen LogP contribution is 2.22. The third kappa shape index (κ3) is 3.01. The van der Waals surface area contributed by atoms with E-state index in [0.717, 1.165) is 5.56 Å². The zero-order valence-corrected chi connectivity index (χ0v) is 11.6. The number of carboxylic acid groups (broad SMARTS) is 1. The number of aliphatic carboxylic acids is 1. The number of carbonyl (C=O) groups is 2. The molecule has 1 aliphatic rings. The van der Waals surface area contributed by atoms with Gasteiger partial charge in [0.25, 0.3) is 0 Å². The van der Waals surface area contributed by atoms with Gasteiger partial charge in [-0.3, -0.25) is 4.68 Å². The van der Waals surface area contributed by atoms with Crippen LogP contribution in [0.15, 0.2) is 12.4 Å². The van der Waals surface area contributed by atoms with E-state index in [1.54, 1.807) is 17.9 Å². The summed E-state index contributed by atoms with van der Waals surface area (Å²) >= 11 is 1.46. The third-order valence-corrected chi connectivity index (χ3v) is 3.93. The molecule has 1 aromatic rings. The first-order chi connectivity index (χ1) is 8.99. The molecular formula is C11H16N4O3S. The smallest absolute Gasteiger partial charge is 0.327 e. The average molecular weight is 284 g/mol. The molecule has 0 bridgehead atoms. The molecular weight excluding hydrogens is 268 g/mol. The molecule has 0 saturated carbocycles. The molecule has 1 saturated heterocycles. The monoisotopic (exact) mass is 284 g/mol. The molecule has 1 aromatic heterocycles. The fraction of sp³-hybridized carbons (Fsp3) is 0.545. The van der Waals surface area contributed by atoms with Crippen molar-refractivity contribution in [3.05, 3.63) is 18.0 Å². The number of aryl methyl sites for hydroxylation is 1. The summed E-state index contributed by atoms with van der Waals surface area (Å²) in [7, 11) is 3.47. The highest BCUT2D eigenvalue weighted by Gasteiger charge is 2.35. The highest BCUT2D eigenvalue weighted by atomic mass is 32.2. The van der Waals surface area contributed by atoms with Gasteiger partial charge in [-0.2, -0.15) is 5.10 Å². The van der Waals surface area contributed by atoms with Crippen LogP contribution in [-0.4, -0.2) is 61.4 Å². The Labute approximate surface area is 115 Å². The second kappa shape index (κ2) is 5.52. The van der Waals surface area contributed by atoms with Crippen molar-refractivity contribution in [3.63, 3.8) is 0 Å². The SMILES string of the molecule is CN(Cc1cnn(C)c1)C(=O)N1CSC[C@H]1C(=O)O. The molecule has 1 fully saturated rings. The number of aromatic nitrogens is 2. The van der Waals surface area contributed by atoms with Gasteiger partial charge in [-0.15, -0.1) is 11.8 Å². The van der Waals surface area contributed by atoms with Gasteiger partial charge in [0.2, 0.25) is 0 Å². The molecule has 7 nitrogen and oxygen atoms in total. The number of carboxylic acids is 1. The molecule has 0 radical (unpaired) electrons. The number of urea groups is 1. The molecule has 0 aromatic carbocycles. The van der Waals surface area contributed by atoms with Crippen LogP contribution in [-0.2, 0) is 18.4 Å².